The van der Waals surface area contributed by atoms with E-state index >= 15 is 0 Å². The van der Waals surface area contributed by atoms with Gasteiger partial charge in [0, 0.05) is 17.8 Å². The molecule has 2 aromatic rings. The van der Waals surface area contributed by atoms with Crippen molar-refractivity contribution in [2.24, 2.45) is 0 Å². The summed E-state index contributed by atoms with van der Waals surface area (Å²) in [6, 6.07) is 4.72. The largest absolute Gasteiger partial charge is 0.494 e. The average Bonchev–Trinajstić information content (AvgIpc) is 2.91. The number of carbonyl (C=O) groups excluding carboxylic acids is 1. The second-order valence-corrected chi connectivity index (χ2v) is 3.69. The van der Waals surface area contributed by atoms with E-state index in [1.165, 1.54) is 19.2 Å². The molecule has 104 valence electrons. The molecule has 1 amide bonds. The second-order valence-electron chi connectivity index (χ2n) is 3.69. The van der Waals surface area contributed by atoms with Crippen LogP contribution in [-0.2, 0) is 0 Å². The first-order valence-corrected chi connectivity index (χ1v) is 5.36. The lowest BCUT2D eigenvalue weighted by molar-refractivity contribution is 0.0651. The van der Waals surface area contributed by atoms with Gasteiger partial charge in [0.25, 0.3) is 5.91 Å². The maximum Gasteiger partial charge on any atom is 0.374 e. The first kappa shape index (κ1) is 13.5. The molecule has 1 aromatic carbocycles. The van der Waals surface area contributed by atoms with Gasteiger partial charge in [0.05, 0.1) is 7.11 Å². The number of aromatic nitrogens is 1. The molecule has 0 aliphatic rings. The Bertz CT molecular complexity index is 668. The minimum Gasteiger partial charge on any atom is -0.494 e. The van der Waals surface area contributed by atoms with Gasteiger partial charge in [0.2, 0.25) is 5.76 Å². The van der Waals surface area contributed by atoms with Gasteiger partial charge in [-0.1, -0.05) is 5.16 Å². The van der Waals surface area contributed by atoms with Crippen molar-refractivity contribution in [2.45, 2.75) is 0 Å². The van der Waals surface area contributed by atoms with E-state index in [1.807, 2.05) is 0 Å². The highest BCUT2D eigenvalue weighted by Gasteiger charge is 2.17. The fourth-order valence-corrected chi connectivity index (χ4v) is 1.42. The summed E-state index contributed by atoms with van der Waals surface area (Å²) >= 11 is 0. The van der Waals surface area contributed by atoms with E-state index in [2.05, 4.69) is 15.0 Å². The number of aromatic carboxylic acids is 1. The number of ether oxygens (including phenoxy) is 1. The number of amides is 1. The quantitative estimate of drug-likeness (QED) is 0.885. The highest BCUT2D eigenvalue weighted by atomic mass is 19.1. The van der Waals surface area contributed by atoms with Gasteiger partial charge in [-0.05, 0) is 12.1 Å². The van der Waals surface area contributed by atoms with E-state index in [9.17, 15) is 14.0 Å². The van der Waals surface area contributed by atoms with Gasteiger partial charge in [-0.2, -0.15) is 0 Å². The predicted octanol–water partition coefficient (Wildman–Crippen LogP) is 1.77. The van der Waals surface area contributed by atoms with Crippen LogP contribution in [0.25, 0.3) is 0 Å². The minimum absolute atomic E-state index is 0.0332. The van der Waals surface area contributed by atoms with Gasteiger partial charge in [-0.15, -0.1) is 0 Å². The molecule has 8 heteroatoms. The number of methoxy groups -OCH3 is 1. The number of hydrogen-bond donors (Lipinski definition) is 2. The third-order valence-electron chi connectivity index (χ3n) is 2.36. The molecule has 0 unspecified atom stereocenters. The van der Waals surface area contributed by atoms with E-state index in [4.69, 9.17) is 9.84 Å². The Labute approximate surface area is 111 Å². The zero-order chi connectivity index (χ0) is 14.7. The molecular formula is C12H9FN2O5. The summed E-state index contributed by atoms with van der Waals surface area (Å²) in [6.45, 7) is 0. The summed E-state index contributed by atoms with van der Waals surface area (Å²) in [5.41, 5.74) is 0.0683. The van der Waals surface area contributed by atoms with Crippen LogP contribution in [0, 0.1) is 5.82 Å². The third kappa shape index (κ3) is 2.74. The maximum absolute atomic E-state index is 13.2. The van der Waals surface area contributed by atoms with Crippen molar-refractivity contribution in [2.75, 3.05) is 12.4 Å². The number of hydrogen-bond acceptors (Lipinski definition) is 5. The third-order valence-corrected chi connectivity index (χ3v) is 2.36. The first-order chi connectivity index (χ1) is 9.51. The molecule has 7 nitrogen and oxygen atoms in total. The lowest BCUT2D eigenvalue weighted by Gasteiger charge is -2.06. The molecule has 2 rings (SSSR count). The smallest absolute Gasteiger partial charge is 0.374 e. The molecule has 0 aliphatic carbocycles. The number of benzene rings is 1. The Morgan fingerprint density at radius 3 is 2.75 bits per heavy atom. The molecule has 0 aliphatic heterocycles. The molecule has 0 spiro atoms. The van der Waals surface area contributed by atoms with Gasteiger partial charge >= 0.3 is 5.97 Å². The number of carboxylic acids is 1. The van der Waals surface area contributed by atoms with E-state index < -0.39 is 23.5 Å². The summed E-state index contributed by atoms with van der Waals surface area (Å²) in [7, 11) is 1.29. The van der Waals surface area contributed by atoms with Crippen molar-refractivity contribution in [1.82, 2.24) is 5.16 Å². The van der Waals surface area contributed by atoms with Crippen molar-refractivity contribution in [1.29, 1.82) is 0 Å². The highest BCUT2D eigenvalue weighted by Crippen LogP contribution is 2.21. The van der Waals surface area contributed by atoms with Crippen LogP contribution < -0.4 is 10.1 Å². The van der Waals surface area contributed by atoms with Crippen LogP contribution >= 0.6 is 0 Å². The number of carbonyl (C=O) groups is 2. The summed E-state index contributed by atoms with van der Waals surface area (Å²) in [4.78, 5) is 22.4. The topological polar surface area (TPSA) is 102 Å². The molecule has 1 heterocycles. The monoisotopic (exact) mass is 280 g/mol. The number of carboxylic acid groups (broad SMARTS) is 1. The predicted molar refractivity (Wildman–Crippen MR) is 64.4 cm³/mol. The Kier molecular flexibility index (Phi) is 3.65. The van der Waals surface area contributed by atoms with Gasteiger partial charge in [0.1, 0.15) is 0 Å². The normalized spacial score (nSPS) is 10.1. The SMILES string of the molecule is COc1cc(NC(=O)c2cc(C(=O)O)on2)ccc1F. The Hall–Kier alpha value is -2.90. The molecule has 0 bridgehead atoms. The van der Waals surface area contributed by atoms with E-state index in [1.54, 1.807) is 0 Å². The van der Waals surface area contributed by atoms with Crippen LogP contribution in [0.2, 0.25) is 0 Å². The Morgan fingerprint density at radius 2 is 2.15 bits per heavy atom. The Morgan fingerprint density at radius 1 is 1.40 bits per heavy atom. The van der Waals surface area contributed by atoms with Crippen molar-refractivity contribution >= 4 is 17.6 Å². The standard InChI is InChI=1S/C12H9FN2O5/c1-19-9-4-6(2-3-7(9)13)14-11(16)8-5-10(12(17)18)20-15-8/h2-5H,1H3,(H,14,16)(H,17,18). The van der Waals surface area contributed by atoms with Crippen LogP contribution in [0.1, 0.15) is 21.0 Å². The molecule has 0 fully saturated rings. The van der Waals surface area contributed by atoms with E-state index in [-0.39, 0.29) is 17.1 Å². The minimum atomic E-state index is -1.33. The maximum atomic E-state index is 13.2. The van der Waals surface area contributed by atoms with Crippen LogP contribution in [0.15, 0.2) is 28.8 Å². The molecule has 2 N–H and O–H groups in total. The van der Waals surface area contributed by atoms with E-state index in [0.717, 1.165) is 12.1 Å². The summed E-state index contributed by atoms with van der Waals surface area (Å²) in [5.74, 6) is -3.07. The number of nitrogens with one attached hydrogen (secondary N) is 1. The molecule has 0 radical (unpaired) electrons. The average molecular weight is 280 g/mol. The Balaban J connectivity index is 2.16. The zero-order valence-electron chi connectivity index (χ0n) is 10.2. The number of rotatable bonds is 4. The van der Waals surface area contributed by atoms with Gasteiger partial charge in [-0.3, -0.25) is 4.79 Å². The molecular weight excluding hydrogens is 271 g/mol. The van der Waals surface area contributed by atoms with Gasteiger partial charge < -0.3 is 19.7 Å². The van der Waals surface area contributed by atoms with E-state index in [0.29, 0.717) is 0 Å². The summed E-state index contributed by atoms with van der Waals surface area (Å²) in [5, 5.41) is 14.4. The van der Waals surface area contributed by atoms with Crippen LogP contribution in [-0.4, -0.2) is 29.2 Å². The van der Waals surface area contributed by atoms with Crippen LogP contribution in [0.4, 0.5) is 10.1 Å². The van der Waals surface area contributed by atoms with Gasteiger partial charge in [-0.25, -0.2) is 9.18 Å². The summed E-state index contributed by atoms with van der Waals surface area (Å²) < 4.78 is 22.4. The fraction of sp³-hybridized carbons (Fsp3) is 0.0833. The number of anilines is 1. The van der Waals surface area contributed by atoms with Crippen molar-refractivity contribution in [3.8, 4) is 5.75 Å². The van der Waals surface area contributed by atoms with Crippen LogP contribution in [0.3, 0.4) is 0 Å². The number of nitrogens with zero attached hydrogens (tertiary/aromatic N) is 1. The molecule has 1 aromatic heterocycles. The van der Waals surface area contributed by atoms with Crippen LogP contribution in [0.5, 0.6) is 5.75 Å². The zero-order valence-corrected chi connectivity index (χ0v) is 10.2. The first-order valence-electron chi connectivity index (χ1n) is 5.36. The highest BCUT2D eigenvalue weighted by molar-refractivity contribution is 6.03. The lowest BCUT2D eigenvalue weighted by atomic mass is 10.2. The molecule has 20 heavy (non-hydrogen) atoms. The van der Waals surface area contributed by atoms with Gasteiger partial charge in [0.15, 0.2) is 17.3 Å². The van der Waals surface area contributed by atoms with Crippen molar-refractivity contribution in [3.05, 3.63) is 41.5 Å². The van der Waals surface area contributed by atoms with Crippen molar-refractivity contribution in [3.63, 3.8) is 0 Å². The lowest BCUT2D eigenvalue weighted by Crippen LogP contribution is -2.12. The molecule has 0 atom stereocenters. The van der Waals surface area contributed by atoms with Crippen molar-refractivity contribution < 1.29 is 28.3 Å². The molecule has 0 saturated heterocycles. The summed E-state index contributed by atoms with van der Waals surface area (Å²) in [6.07, 6.45) is 0. The number of halogens is 1. The second kappa shape index (κ2) is 5.39. The molecule has 0 saturated carbocycles. The fourth-order valence-electron chi connectivity index (χ4n) is 1.42.